The number of halogens is 1. The lowest BCUT2D eigenvalue weighted by Crippen LogP contribution is -2.00. The molecule has 1 heterocycles. The van der Waals surface area contributed by atoms with Crippen molar-refractivity contribution in [2.75, 3.05) is 0 Å². The molecular formula is C16H11ClN2. The molecule has 0 saturated carbocycles. The Hall–Kier alpha value is -2.24. The summed E-state index contributed by atoms with van der Waals surface area (Å²) in [6.45, 7) is 0.650. The fraction of sp³-hybridized carbons (Fsp3) is 0.0625. The highest BCUT2D eigenvalue weighted by Gasteiger charge is 2.07. The predicted molar refractivity (Wildman–Crippen MR) is 77.2 cm³/mol. The lowest BCUT2D eigenvalue weighted by Gasteiger charge is -2.08. The average Bonchev–Trinajstić information content (AvgIpc) is 2.84. The smallest absolute Gasteiger partial charge is 0.0995 e. The van der Waals surface area contributed by atoms with Gasteiger partial charge in [0.15, 0.2) is 0 Å². The zero-order valence-corrected chi connectivity index (χ0v) is 10.9. The largest absolute Gasteiger partial charge is 0.342 e. The second kappa shape index (κ2) is 4.79. The molecular weight excluding hydrogens is 256 g/mol. The van der Waals surface area contributed by atoms with Gasteiger partial charge in [-0.1, -0.05) is 41.9 Å². The van der Waals surface area contributed by atoms with Crippen LogP contribution < -0.4 is 0 Å². The maximum Gasteiger partial charge on any atom is 0.0995 e. The van der Waals surface area contributed by atoms with Crippen molar-refractivity contribution in [2.24, 2.45) is 0 Å². The van der Waals surface area contributed by atoms with Crippen LogP contribution in [0.3, 0.4) is 0 Å². The molecule has 0 aliphatic carbocycles. The Morgan fingerprint density at radius 2 is 1.89 bits per heavy atom. The van der Waals surface area contributed by atoms with Gasteiger partial charge in [0.05, 0.1) is 22.2 Å². The molecule has 3 rings (SSSR count). The minimum atomic E-state index is 0.650. The minimum Gasteiger partial charge on any atom is -0.342 e. The first-order chi connectivity index (χ1) is 9.29. The van der Waals surface area contributed by atoms with Gasteiger partial charge in [-0.3, -0.25) is 0 Å². The molecule has 1 aromatic heterocycles. The second-order valence-electron chi connectivity index (χ2n) is 4.39. The van der Waals surface area contributed by atoms with Crippen molar-refractivity contribution in [1.29, 1.82) is 5.26 Å². The molecule has 2 aromatic carbocycles. The Bertz CT molecular complexity index is 781. The Balaban J connectivity index is 2.09. The molecule has 2 nitrogen and oxygen atoms in total. The summed E-state index contributed by atoms with van der Waals surface area (Å²) in [5, 5.41) is 11.0. The topological polar surface area (TPSA) is 28.7 Å². The molecule has 0 N–H and O–H groups in total. The summed E-state index contributed by atoms with van der Waals surface area (Å²) in [6, 6.07) is 17.8. The van der Waals surface area contributed by atoms with Crippen LogP contribution in [-0.2, 0) is 6.54 Å². The van der Waals surface area contributed by atoms with Gasteiger partial charge in [0.25, 0.3) is 0 Å². The predicted octanol–water partition coefficient (Wildman–Crippen LogP) is 4.21. The highest BCUT2D eigenvalue weighted by Crippen LogP contribution is 2.25. The van der Waals surface area contributed by atoms with Crippen LogP contribution in [0.15, 0.2) is 54.7 Å². The van der Waals surface area contributed by atoms with E-state index in [2.05, 4.69) is 10.6 Å². The molecule has 0 saturated heterocycles. The van der Waals surface area contributed by atoms with Gasteiger partial charge in [-0.25, -0.2) is 0 Å². The van der Waals surface area contributed by atoms with Crippen LogP contribution in [0.2, 0.25) is 5.02 Å². The maximum absolute atomic E-state index is 9.13. The maximum atomic E-state index is 9.13. The Morgan fingerprint density at radius 1 is 1.05 bits per heavy atom. The molecule has 0 amide bonds. The van der Waals surface area contributed by atoms with E-state index in [4.69, 9.17) is 16.9 Å². The molecule has 3 heteroatoms. The van der Waals surface area contributed by atoms with Gasteiger partial charge in [-0.15, -0.1) is 0 Å². The summed E-state index contributed by atoms with van der Waals surface area (Å²) in [4.78, 5) is 0. The molecule has 3 aromatic rings. The third-order valence-electron chi connectivity index (χ3n) is 3.22. The number of hydrogen-bond acceptors (Lipinski definition) is 1. The molecule has 19 heavy (non-hydrogen) atoms. The normalized spacial score (nSPS) is 10.5. The lowest BCUT2D eigenvalue weighted by molar-refractivity contribution is 0.834. The second-order valence-corrected chi connectivity index (χ2v) is 4.80. The number of hydrogen-bond donors (Lipinski definition) is 0. The zero-order chi connectivity index (χ0) is 13.2. The van der Waals surface area contributed by atoms with Crippen molar-refractivity contribution in [1.82, 2.24) is 4.57 Å². The van der Waals surface area contributed by atoms with Crippen molar-refractivity contribution in [2.45, 2.75) is 6.54 Å². The molecule has 0 atom stereocenters. The summed E-state index contributed by atoms with van der Waals surface area (Å²) in [6.07, 6.45) is 2.00. The van der Waals surface area contributed by atoms with Crippen LogP contribution in [0.5, 0.6) is 0 Å². The average molecular weight is 267 g/mol. The van der Waals surface area contributed by atoms with E-state index in [1.54, 1.807) is 0 Å². The Morgan fingerprint density at radius 3 is 2.74 bits per heavy atom. The van der Waals surface area contributed by atoms with Gasteiger partial charge in [0.2, 0.25) is 0 Å². The van der Waals surface area contributed by atoms with Crippen LogP contribution in [0, 0.1) is 11.3 Å². The van der Waals surface area contributed by atoms with Crippen LogP contribution >= 0.6 is 11.6 Å². The fourth-order valence-electron chi connectivity index (χ4n) is 2.30. The first-order valence-corrected chi connectivity index (χ1v) is 6.39. The van der Waals surface area contributed by atoms with E-state index in [1.165, 1.54) is 0 Å². The summed E-state index contributed by atoms with van der Waals surface area (Å²) < 4.78 is 2.08. The minimum absolute atomic E-state index is 0.650. The lowest BCUT2D eigenvalue weighted by atomic mass is 10.1. The van der Waals surface area contributed by atoms with Gasteiger partial charge in [0.1, 0.15) is 0 Å². The van der Waals surface area contributed by atoms with E-state index in [1.807, 2.05) is 54.7 Å². The summed E-state index contributed by atoms with van der Waals surface area (Å²) in [7, 11) is 0. The standard InChI is InChI=1S/C16H11ClN2/c17-15-7-3-6-12-8-9-19(16(12)15)11-14-5-2-1-4-13(14)10-18/h1-9H,11H2. The highest BCUT2D eigenvalue weighted by atomic mass is 35.5. The molecule has 0 aliphatic rings. The molecule has 0 spiro atoms. The van der Waals surface area contributed by atoms with Crippen molar-refractivity contribution in [3.63, 3.8) is 0 Å². The van der Waals surface area contributed by atoms with Crippen molar-refractivity contribution >= 4 is 22.5 Å². The van der Waals surface area contributed by atoms with Crippen molar-refractivity contribution < 1.29 is 0 Å². The van der Waals surface area contributed by atoms with Crippen molar-refractivity contribution in [3.05, 3.63) is 70.9 Å². The molecule has 0 aliphatic heterocycles. The zero-order valence-electron chi connectivity index (χ0n) is 10.2. The van der Waals surface area contributed by atoms with Gasteiger partial charge in [-0.05, 0) is 23.8 Å². The van der Waals surface area contributed by atoms with Crippen LogP contribution in [0.25, 0.3) is 10.9 Å². The van der Waals surface area contributed by atoms with Gasteiger partial charge >= 0.3 is 0 Å². The van der Waals surface area contributed by atoms with E-state index < -0.39 is 0 Å². The van der Waals surface area contributed by atoms with Gasteiger partial charge < -0.3 is 4.57 Å². The first kappa shape index (κ1) is 11.8. The van der Waals surface area contributed by atoms with E-state index in [0.717, 1.165) is 21.5 Å². The van der Waals surface area contributed by atoms with Crippen molar-refractivity contribution in [3.8, 4) is 6.07 Å². The monoisotopic (exact) mass is 266 g/mol. The van der Waals surface area contributed by atoms with E-state index >= 15 is 0 Å². The molecule has 0 unspecified atom stereocenters. The van der Waals surface area contributed by atoms with Crippen LogP contribution in [0.4, 0.5) is 0 Å². The van der Waals surface area contributed by atoms with Crippen LogP contribution in [0.1, 0.15) is 11.1 Å². The number of nitrogens with zero attached hydrogens (tertiary/aromatic N) is 2. The third-order valence-corrected chi connectivity index (χ3v) is 3.52. The molecule has 92 valence electrons. The van der Waals surface area contributed by atoms with E-state index in [0.29, 0.717) is 12.1 Å². The number of benzene rings is 2. The van der Waals surface area contributed by atoms with Crippen LogP contribution in [-0.4, -0.2) is 4.57 Å². The van der Waals surface area contributed by atoms with Gasteiger partial charge in [-0.2, -0.15) is 5.26 Å². The Kier molecular flexibility index (Phi) is 2.98. The fourth-order valence-corrected chi connectivity index (χ4v) is 2.59. The quantitative estimate of drug-likeness (QED) is 0.683. The number of para-hydroxylation sites is 1. The number of fused-ring (bicyclic) bond motifs is 1. The Labute approximate surface area is 116 Å². The van der Waals surface area contributed by atoms with Gasteiger partial charge in [0, 0.05) is 18.1 Å². The summed E-state index contributed by atoms with van der Waals surface area (Å²) in [5.41, 5.74) is 2.72. The van der Waals surface area contributed by atoms with E-state index in [-0.39, 0.29) is 0 Å². The first-order valence-electron chi connectivity index (χ1n) is 6.01. The molecule has 0 bridgehead atoms. The molecule has 0 fully saturated rings. The highest BCUT2D eigenvalue weighted by molar-refractivity contribution is 6.35. The summed E-state index contributed by atoms with van der Waals surface area (Å²) in [5.74, 6) is 0. The number of nitriles is 1. The molecule has 0 radical (unpaired) electrons. The number of aromatic nitrogens is 1. The summed E-state index contributed by atoms with van der Waals surface area (Å²) >= 11 is 6.26. The number of rotatable bonds is 2. The van der Waals surface area contributed by atoms with E-state index in [9.17, 15) is 0 Å². The third kappa shape index (κ3) is 2.09. The SMILES string of the molecule is N#Cc1ccccc1Cn1ccc2cccc(Cl)c21.